The molecule has 1 N–H and O–H groups in total. The molecule has 3 aromatic heterocycles. The Morgan fingerprint density at radius 3 is 2.41 bits per heavy atom. The zero-order chi connectivity index (χ0) is 24.6. The van der Waals surface area contributed by atoms with Gasteiger partial charge in [0.05, 0.1) is 22.7 Å². The molecule has 4 nitrogen and oxygen atoms in total. The lowest BCUT2D eigenvalue weighted by Gasteiger charge is -2.17. The topological polar surface area (TPSA) is 61.6 Å². The first-order valence-corrected chi connectivity index (χ1v) is 10.8. The second kappa shape index (κ2) is 8.96. The lowest BCUT2D eigenvalue weighted by atomic mass is 10.1. The molecule has 4 aromatic rings. The quantitative estimate of drug-likeness (QED) is 0.254. The van der Waals surface area contributed by atoms with Crippen molar-refractivity contribution in [2.45, 2.75) is 12.7 Å². The highest BCUT2D eigenvalue weighted by Gasteiger charge is 2.36. The first-order valence-electron chi connectivity index (χ1n) is 9.57. The zero-order valence-electron chi connectivity index (χ0n) is 16.9. The van der Waals surface area contributed by atoms with Gasteiger partial charge in [0, 0.05) is 28.3 Å². The van der Waals surface area contributed by atoms with E-state index in [2.05, 4.69) is 4.98 Å². The molecule has 0 saturated carbocycles. The minimum absolute atomic E-state index is 0.124. The van der Waals surface area contributed by atoms with E-state index < -0.39 is 41.0 Å². The maximum atomic E-state index is 14.3. The lowest BCUT2D eigenvalue weighted by Crippen LogP contribution is -2.28. The summed E-state index contributed by atoms with van der Waals surface area (Å²) in [5.41, 5.74) is -3.28. The van der Waals surface area contributed by atoms with Crippen LogP contribution in [0.3, 0.4) is 0 Å². The van der Waals surface area contributed by atoms with E-state index in [0.29, 0.717) is 27.2 Å². The third-order valence-electron chi connectivity index (χ3n) is 4.99. The van der Waals surface area contributed by atoms with Crippen LogP contribution >= 0.6 is 23.6 Å². The van der Waals surface area contributed by atoms with Gasteiger partial charge in [0.15, 0.2) is 0 Å². The summed E-state index contributed by atoms with van der Waals surface area (Å²) in [6.45, 7) is -0.501. The molecule has 0 aliphatic rings. The number of nitrogens with one attached hydrogen (secondary N) is 1. The van der Waals surface area contributed by atoms with E-state index in [1.807, 2.05) is 0 Å². The second-order valence-corrected chi connectivity index (χ2v) is 8.68. The fraction of sp³-hybridized carbons (Fsp3) is 0.0870. The Morgan fingerprint density at radius 2 is 1.79 bits per heavy atom. The third-order valence-corrected chi connectivity index (χ3v) is 6.40. The molecule has 11 heteroatoms. The molecule has 0 spiro atoms. The first kappa shape index (κ1) is 23.5. The van der Waals surface area contributed by atoms with Crippen LogP contribution in [0.25, 0.3) is 21.0 Å². The molecule has 1 aromatic carbocycles. The molecule has 0 fully saturated rings. The number of halogens is 5. The Hall–Kier alpha value is -3.62. The van der Waals surface area contributed by atoms with Crippen LogP contribution in [0.5, 0.6) is 0 Å². The Morgan fingerprint density at radius 1 is 1.06 bits per heavy atom. The van der Waals surface area contributed by atoms with Gasteiger partial charge in [-0.05, 0) is 36.4 Å². The Bertz CT molecular complexity index is 1540. The molecular formula is C23H12F5N3OS2. The first-order chi connectivity index (χ1) is 16.1. The number of thiophene rings is 1. The molecule has 3 heterocycles. The van der Waals surface area contributed by atoms with Gasteiger partial charge in [0.1, 0.15) is 27.9 Å². The van der Waals surface area contributed by atoms with E-state index in [4.69, 9.17) is 12.2 Å². The van der Waals surface area contributed by atoms with Crippen LogP contribution in [0.4, 0.5) is 22.0 Å². The summed E-state index contributed by atoms with van der Waals surface area (Å²) in [5.74, 6) is -1.81. The molecule has 0 unspecified atom stereocenters. The number of benzene rings is 1. The minimum Gasteiger partial charge on any atom is -0.352 e. The Kier molecular flexibility index (Phi) is 6.20. The van der Waals surface area contributed by atoms with E-state index in [-0.39, 0.29) is 16.1 Å². The summed E-state index contributed by atoms with van der Waals surface area (Å²) in [6, 6.07) is 11.3. The Labute approximate surface area is 198 Å². The Balaban J connectivity index is 1.94. The molecule has 0 radical (unpaired) electrons. The van der Waals surface area contributed by atoms with E-state index in [1.54, 1.807) is 24.4 Å². The monoisotopic (exact) mass is 505 g/mol. The number of hydrogen-bond acceptors (Lipinski definition) is 4. The molecule has 34 heavy (non-hydrogen) atoms. The number of aromatic amines is 1. The van der Waals surface area contributed by atoms with Gasteiger partial charge in [-0.2, -0.15) is 18.4 Å². The predicted octanol–water partition coefficient (Wildman–Crippen LogP) is 6.52. The summed E-state index contributed by atoms with van der Waals surface area (Å²) in [6.07, 6.45) is -3.33. The number of alkyl halides is 3. The van der Waals surface area contributed by atoms with Crippen molar-refractivity contribution < 1.29 is 22.0 Å². The summed E-state index contributed by atoms with van der Waals surface area (Å²) in [5, 5.41) is 9.28. The van der Waals surface area contributed by atoms with Crippen molar-refractivity contribution in [2.24, 2.45) is 0 Å². The van der Waals surface area contributed by atoms with Crippen LogP contribution in [0, 0.1) is 27.6 Å². The SMILES string of the molecule is N#Cc1c(C(F)(F)F)cc(-c2ccc(-c3ccc(=S)[nH]c3)s2)n(Cc2ccc(F)cc2F)c1=O. The van der Waals surface area contributed by atoms with Crippen molar-refractivity contribution in [2.75, 3.05) is 0 Å². The van der Waals surface area contributed by atoms with Gasteiger partial charge < -0.3 is 9.55 Å². The van der Waals surface area contributed by atoms with Gasteiger partial charge in [-0.15, -0.1) is 11.3 Å². The van der Waals surface area contributed by atoms with Crippen LogP contribution in [0.1, 0.15) is 16.7 Å². The number of rotatable bonds is 4. The summed E-state index contributed by atoms with van der Waals surface area (Å²) in [4.78, 5) is 16.8. The van der Waals surface area contributed by atoms with Crippen molar-refractivity contribution >= 4 is 23.6 Å². The van der Waals surface area contributed by atoms with Crippen molar-refractivity contribution in [1.29, 1.82) is 5.26 Å². The molecule has 0 atom stereocenters. The molecule has 0 aliphatic carbocycles. The van der Waals surface area contributed by atoms with E-state index >= 15 is 0 Å². The summed E-state index contributed by atoms with van der Waals surface area (Å²) in [7, 11) is 0. The van der Waals surface area contributed by atoms with E-state index in [0.717, 1.165) is 28.0 Å². The van der Waals surface area contributed by atoms with Gasteiger partial charge in [0.25, 0.3) is 5.56 Å². The number of hydrogen-bond donors (Lipinski definition) is 1. The second-order valence-electron chi connectivity index (χ2n) is 7.16. The highest BCUT2D eigenvalue weighted by Crippen LogP contribution is 2.38. The summed E-state index contributed by atoms with van der Waals surface area (Å²) < 4.78 is 70.0. The number of pyridine rings is 2. The van der Waals surface area contributed by atoms with Crippen LogP contribution in [0.2, 0.25) is 0 Å². The smallest absolute Gasteiger partial charge is 0.352 e. The van der Waals surface area contributed by atoms with Gasteiger partial charge in [-0.1, -0.05) is 18.3 Å². The lowest BCUT2D eigenvalue weighted by molar-refractivity contribution is -0.137. The average molecular weight is 505 g/mol. The van der Waals surface area contributed by atoms with E-state index in [9.17, 15) is 32.0 Å². The van der Waals surface area contributed by atoms with Crippen LogP contribution < -0.4 is 5.56 Å². The molecule has 0 saturated heterocycles. The normalized spacial score (nSPS) is 11.4. The molecule has 0 amide bonds. The van der Waals surface area contributed by atoms with Gasteiger partial charge in [-0.3, -0.25) is 4.79 Å². The van der Waals surface area contributed by atoms with Crippen molar-refractivity contribution in [3.8, 4) is 27.1 Å². The maximum absolute atomic E-state index is 14.3. The number of nitrogens with zero attached hydrogens (tertiary/aromatic N) is 2. The van der Waals surface area contributed by atoms with Crippen molar-refractivity contribution in [3.63, 3.8) is 0 Å². The molecule has 0 aliphatic heterocycles. The standard InChI is InChI=1S/C23H12F5N3OS2/c24-14-3-1-13(17(25)7-14)11-31-18(8-16(23(26,27)28)15(9-29)22(31)32)20-5-4-19(34-20)12-2-6-21(33)30-10-12/h1-8,10H,11H2,(H,30,33). The highest BCUT2D eigenvalue weighted by atomic mass is 32.1. The largest absolute Gasteiger partial charge is 0.417 e. The number of nitriles is 1. The van der Waals surface area contributed by atoms with Gasteiger partial charge in [-0.25, -0.2) is 8.78 Å². The molecule has 172 valence electrons. The zero-order valence-corrected chi connectivity index (χ0v) is 18.5. The molecule has 4 rings (SSSR count). The average Bonchev–Trinajstić information content (AvgIpc) is 3.26. The minimum atomic E-state index is -4.96. The van der Waals surface area contributed by atoms with E-state index in [1.165, 1.54) is 12.1 Å². The maximum Gasteiger partial charge on any atom is 0.417 e. The van der Waals surface area contributed by atoms with Gasteiger partial charge in [0.2, 0.25) is 0 Å². The van der Waals surface area contributed by atoms with Crippen molar-refractivity contribution in [1.82, 2.24) is 9.55 Å². The molecular weight excluding hydrogens is 493 g/mol. The third kappa shape index (κ3) is 4.55. The van der Waals surface area contributed by atoms with Crippen LogP contribution in [-0.4, -0.2) is 9.55 Å². The number of H-pyrrole nitrogens is 1. The van der Waals surface area contributed by atoms with Crippen LogP contribution in [0.15, 0.2) is 59.5 Å². The highest BCUT2D eigenvalue weighted by molar-refractivity contribution is 7.71. The predicted molar refractivity (Wildman–Crippen MR) is 120 cm³/mol. The number of aromatic nitrogens is 2. The summed E-state index contributed by atoms with van der Waals surface area (Å²) >= 11 is 6.11. The van der Waals surface area contributed by atoms with Crippen LogP contribution in [-0.2, 0) is 12.7 Å². The van der Waals surface area contributed by atoms with Gasteiger partial charge >= 0.3 is 6.18 Å². The fourth-order valence-electron chi connectivity index (χ4n) is 3.35. The molecule has 0 bridgehead atoms. The van der Waals surface area contributed by atoms with Crippen molar-refractivity contribution in [3.05, 3.63) is 98.0 Å². The fourth-order valence-corrected chi connectivity index (χ4v) is 4.51.